The van der Waals surface area contributed by atoms with Gasteiger partial charge in [-0.25, -0.2) is 0 Å². The van der Waals surface area contributed by atoms with Gasteiger partial charge in [0.1, 0.15) is 5.75 Å². The summed E-state index contributed by atoms with van der Waals surface area (Å²) in [5.41, 5.74) is 6.30. The van der Waals surface area contributed by atoms with E-state index in [2.05, 4.69) is 5.32 Å². The number of nitrogens with one attached hydrogen (secondary N) is 1. The van der Waals surface area contributed by atoms with Crippen molar-refractivity contribution in [2.75, 3.05) is 12.3 Å². The summed E-state index contributed by atoms with van der Waals surface area (Å²) in [5, 5.41) is 3.10. The predicted octanol–water partition coefficient (Wildman–Crippen LogP) is 1.95. The molecule has 1 aromatic rings. The first-order valence-corrected chi connectivity index (χ1v) is 6.98. The highest BCUT2D eigenvalue weighted by Gasteiger charge is 2.40. The Bertz CT molecular complexity index is 475. The Hall–Kier alpha value is -1.71. The van der Waals surface area contributed by atoms with Crippen molar-refractivity contribution in [1.29, 1.82) is 0 Å². The van der Waals surface area contributed by atoms with Gasteiger partial charge in [0, 0.05) is 17.8 Å². The number of carbonyl (C=O) groups is 1. The van der Waals surface area contributed by atoms with Crippen molar-refractivity contribution in [3.8, 4) is 5.75 Å². The summed E-state index contributed by atoms with van der Waals surface area (Å²) in [5.74, 6) is 2.15. The largest absolute Gasteiger partial charge is 0.484 e. The average Bonchev–Trinajstić information content (AvgIpc) is 2.99. The molecule has 0 radical (unpaired) electrons. The Kier molecular flexibility index (Phi) is 3.32. The van der Waals surface area contributed by atoms with Crippen LogP contribution in [0.2, 0.25) is 0 Å². The Morgan fingerprint density at radius 1 is 1.37 bits per heavy atom. The lowest BCUT2D eigenvalue weighted by molar-refractivity contribution is -0.124. The maximum atomic E-state index is 11.9. The third-order valence-corrected chi connectivity index (χ3v) is 4.31. The standard InChI is InChI=1S/C15H20N2O2/c16-12-2-1-3-13(8-12)19-9-15(18)17-14-7-10-4-5-11(14)6-10/h1-3,8,10-11,14H,4-7,9,16H2,(H,17,18). The second kappa shape index (κ2) is 5.11. The van der Waals surface area contributed by atoms with Crippen molar-refractivity contribution in [3.63, 3.8) is 0 Å². The van der Waals surface area contributed by atoms with E-state index in [0.29, 0.717) is 23.4 Å². The van der Waals surface area contributed by atoms with E-state index < -0.39 is 0 Å². The molecule has 0 aliphatic heterocycles. The van der Waals surface area contributed by atoms with Gasteiger partial charge in [-0.15, -0.1) is 0 Å². The molecule has 4 heteroatoms. The SMILES string of the molecule is Nc1cccc(OCC(=O)NC2CC3CCC2C3)c1. The molecule has 1 aromatic carbocycles. The lowest BCUT2D eigenvalue weighted by Crippen LogP contribution is -2.40. The molecule has 2 aliphatic rings. The zero-order valence-electron chi connectivity index (χ0n) is 11.0. The number of nitrogen functional groups attached to an aromatic ring is 1. The van der Waals surface area contributed by atoms with Crippen molar-refractivity contribution in [2.45, 2.75) is 31.7 Å². The van der Waals surface area contributed by atoms with Gasteiger partial charge in [0.05, 0.1) is 0 Å². The minimum atomic E-state index is -0.0278. The van der Waals surface area contributed by atoms with Gasteiger partial charge in [-0.3, -0.25) is 4.79 Å². The summed E-state index contributed by atoms with van der Waals surface area (Å²) in [7, 11) is 0. The van der Waals surface area contributed by atoms with Crippen molar-refractivity contribution in [1.82, 2.24) is 5.32 Å². The van der Waals surface area contributed by atoms with E-state index in [0.717, 1.165) is 12.3 Å². The molecule has 3 unspecified atom stereocenters. The molecule has 19 heavy (non-hydrogen) atoms. The van der Waals surface area contributed by atoms with E-state index in [1.54, 1.807) is 18.2 Å². The number of amides is 1. The molecule has 2 fully saturated rings. The van der Waals surface area contributed by atoms with Gasteiger partial charge in [-0.2, -0.15) is 0 Å². The molecular weight excluding hydrogens is 240 g/mol. The molecule has 2 bridgehead atoms. The summed E-state index contributed by atoms with van der Waals surface area (Å²) < 4.78 is 5.45. The molecule has 4 nitrogen and oxygen atoms in total. The van der Waals surface area contributed by atoms with Gasteiger partial charge >= 0.3 is 0 Å². The highest BCUT2D eigenvalue weighted by molar-refractivity contribution is 5.78. The van der Waals surface area contributed by atoms with E-state index in [4.69, 9.17) is 10.5 Å². The number of hydrogen-bond donors (Lipinski definition) is 2. The fourth-order valence-electron chi connectivity index (χ4n) is 3.42. The number of hydrogen-bond acceptors (Lipinski definition) is 3. The van der Waals surface area contributed by atoms with Gasteiger partial charge in [0.15, 0.2) is 6.61 Å². The molecule has 0 heterocycles. The van der Waals surface area contributed by atoms with Crippen molar-refractivity contribution in [2.24, 2.45) is 11.8 Å². The molecule has 0 aromatic heterocycles. The van der Waals surface area contributed by atoms with E-state index in [9.17, 15) is 4.79 Å². The first-order valence-electron chi connectivity index (χ1n) is 6.98. The molecule has 2 saturated carbocycles. The Balaban J connectivity index is 1.47. The normalized spacial score (nSPS) is 28.3. The van der Waals surface area contributed by atoms with Crippen LogP contribution < -0.4 is 15.8 Å². The summed E-state index contributed by atoms with van der Waals surface area (Å²) in [6.07, 6.45) is 5.05. The predicted molar refractivity (Wildman–Crippen MR) is 73.7 cm³/mol. The first-order chi connectivity index (χ1) is 9.20. The number of rotatable bonds is 4. The monoisotopic (exact) mass is 260 g/mol. The maximum Gasteiger partial charge on any atom is 0.258 e. The molecule has 3 rings (SSSR count). The maximum absolute atomic E-state index is 11.9. The number of fused-ring (bicyclic) bond motifs is 2. The zero-order valence-corrected chi connectivity index (χ0v) is 11.0. The van der Waals surface area contributed by atoms with Crippen LogP contribution in [0.1, 0.15) is 25.7 Å². The highest BCUT2D eigenvalue weighted by Crippen LogP contribution is 2.44. The molecule has 1 amide bonds. The number of anilines is 1. The number of ether oxygens (including phenoxy) is 1. The smallest absolute Gasteiger partial charge is 0.258 e. The highest BCUT2D eigenvalue weighted by atomic mass is 16.5. The van der Waals surface area contributed by atoms with Crippen molar-refractivity contribution >= 4 is 11.6 Å². The molecule has 0 spiro atoms. The van der Waals surface area contributed by atoms with Crippen LogP contribution in [0.5, 0.6) is 5.75 Å². The van der Waals surface area contributed by atoms with Crippen LogP contribution in [-0.2, 0) is 4.79 Å². The van der Waals surface area contributed by atoms with E-state index in [1.165, 1.54) is 19.3 Å². The van der Waals surface area contributed by atoms with Gasteiger partial charge in [0.2, 0.25) is 0 Å². The lowest BCUT2D eigenvalue weighted by Gasteiger charge is -2.22. The van der Waals surface area contributed by atoms with Gasteiger partial charge in [0.25, 0.3) is 5.91 Å². The third kappa shape index (κ3) is 2.83. The molecule has 102 valence electrons. The molecule has 3 N–H and O–H groups in total. The van der Waals surface area contributed by atoms with Crippen molar-refractivity contribution < 1.29 is 9.53 Å². The second-order valence-electron chi connectivity index (χ2n) is 5.71. The summed E-state index contributed by atoms with van der Waals surface area (Å²) in [6.45, 7) is 0.0668. The second-order valence-corrected chi connectivity index (χ2v) is 5.71. The zero-order chi connectivity index (χ0) is 13.2. The van der Waals surface area contributed by atoms with Crippen LogP contribution in [0.25, 0.3) is 0 Å². The van der Waals surface area contributed by atoms with Crippen LogP contribution in [0.3, 0.4) is 0 Å². The Morgan fingerprint density at radius 3 is 2.95 bits per heavy atom. The van der Waals surface area contributed by atoms with Crippen molar-refractivity contribution in [3.05, 3.63) is 24.3 Å². The number of carbonyl (C=O) groups excluding carboxylic acids is 1. The van der Waals surface area contributed by atoms with Crippen LogP contribution in [-0.4, -0.2) is 18.6 Å². The van der Waals surface area contributed by atoms with Gasteiger partial charge in [-0.1, -0.05) is 12.5 Å². The average molecular weight is 260 g/mol. The topological polar surface area (TPSA) is 64.3 Å². The van der Waals surface area contributed by atoms with Crippen LogP contribution in [0.4, 0.5) is 5.69 Å². The lowest BCUT2D eigenvalue weighted by atomic mass is 9.95. The fourth-order valence-corrected chi connectivity index (χ4v) is 3.42. The Morgan fingerprint density at radius 2 is 2.26 bits per heavy atom. The van der Waals surface area contributed by atoms with Crippen LogP contribution in [0.15, 0.2) is 24.3 Å². The minimum Gasteiger partial charge on any atom is -0.484 e. The first kappa shape index (κ1) is 12.3. The van der Waals surface area contributed by atoms with Crippen LogP contribution in [0, 0.1) is 11.8 Å². The molecule has 3 atom stereocenters. The van der Waals surface area contributed by atoms with E-state index in [-0.39, 0.29) is 12.5 Å². The van der Waals surface area contributed by atoms with Gasteiger partial charge < -0.3 is 15.8 Å². The molecule has 0 saturated heterocycles. The minimum absolute atomic E-state index is 0.0278. The number of benzene rings is 1. The fraction of sp³-hybridized carbons (Fsp3) is 0.533. The quantitative estimate of drug-likeness (QED) is 0.813. The Labute approximate surface area is 113 Å². The van der Waals surface area contributed by atoms with E-state index >= 15 is 0 Å². The number of nitrogens with two attached hydrogens (primary N) is 1. The third-order valence-electron chi connectivity index (χ3n) is 4.31. The summed E-state index contributed by atoms with van der Waals surface area (Å²) in [4.78, 5) is 11.9. The summed E-state index contributed by atoms with van der Waals surface area (Å²) in [6, 6.07) is 7.52. The van der Waals surface area contributed by atoms with E-state index in [1.807, 2.05) is 6.07 Å². The molecule has 2 aliphatic carbocycles. The van der Waals surface area contributed by atoms with Crippen LogP contribution >= 0.6 is 0 Å². The van der Waals surface area contributed by atoms with Gasteiger partial charge in [-0.05, 0) is 43.2 Å². The molecular formula is C15H20N2O2. The summed E-state index contributed by atoms with van der Waals surface area (Å²) >= 11 is 0.